The van der Waals surface area contributed by atoms with Crippen LogP contribution in [0.3, 0.4) is 0 Å². The van der Waals surface area contributed by atoms with Gasteiger partial charge in [0, 0.05) is 18.7 Å². The monoisotopic (exact) mass is 472 g/mol. The van der Waals surface area contributed by atoms with Crippen LogP contribution in [0.5, 0.6) is 23.3 Å². The maximum absolute atomic E-state index is 12.2. The molecule has 0 bridgehead atoms. The van der Waals surface area contributed by atoms with Crippen LogP contribution >= 0.6 is 0 Å². The number of benzene rings is 2. The van der Waals surface area contributed by atoms with Crippen molar-refractivity contribution in [3.05, 3.63) is 61.2 Å². The van der Waals surface area contributed by atoms with Crippen molar-refractivity contribution in [1.29, 1.82) is 0 Å². The van der Waals surface area contributed by atoms with Gasteiger partial charge in [-0.25, -0.2) is 4.68 Å². The Morgan fingerprint density at radius 3 is 2.46 bits per heavy atom. The molecule has 1 fully saturated rings. The first-order chi connectivity index (χ1) is 16.9. The van der Waals surface area contributed by atoms with E-state index < -0.39 is 6.01 Å². The average Bonchev–Trinajstić information content (AvgIpc) is 3.25. The summed E-state index contributed by atoms with van der Waals surface area (Å²) in [5.41, 5.74) is 7.94. The van der Waals surface area contributed by atoms with Crippen LogP contribution in [0.1, 0.15) is 18.9 Å². The summed E-state index contributed by atoms with van der Waals surface area (Å²) in [6, 6.07) is 13.2. The molecule has 4 aromatic rings. The third kappa shape index (κ3) is 4.33. The number of nitrogens with two attached hydrogens (primary N) is 1. The van der Waals surface area contributed by atoms with Gasteiger partial charge in [0.15, 0.2) is 5.65 Å². The molecule has 1 atom stereocenters. The lowest BCUT2D eigenvalue weighted by Gasteiger charge is -2.32. The molecule has 2 aromatic carbocycles. The summed E-state index contributed by atoms with van der Waals surface area (Å²) < 4.78 is 7.56. The van der Waals surface area contributed by atoms with Crippen LogP contribution in [0.2, 0.25) is 0 Å². The van der Waals surface area contributed by atoms with E-state index in [0.29, 0.717) is 41.3 Å². The van der Waals surface area contributed by atoms with Crippen molar-refractivity contribution in [3.8, 4) is 34.5 Å². The second-order valence-electron chi connectivity index (χ2n) is 8.31. The predicted molar refractivity (Wildman–Crippen MR) is 130 cm³/mol. The van der Waals surface area contributed by atoms with Crippen LogP contribution in [0.4, 0.5) is 5.82 Å². The second-order valence-corrected chi connectivity index (χ2v) is 8.31. The van der Waals surface area contributed by atoms with Gasteiger partial charge in [0.25, 0.3) is 0 Å². The summed E-state index contributed by atoms with van der Waals surface area (Å²) in [5.74, 6) is 1.35. The van der Waals surface area contributed by atoms with Crippen molar-refractivity contribution < 1.29 is 19.7 Å². The summed E-state index contributed by atoms with van der Waals surface area (Å²) in [6.45, 7) is 4.68. The molecule has 1 amide bonds. The number of likely N-dealkylation sites (tertiary alicyclic amines) is 1. The standard InChI is InChI=1S/C25H24N6O4/c1-2-20(33)30-13-3-4-16(14-30)31-24-21(23(26)27-25(34)28-24)22(29-31)15-5-9-18(10-6-15)35-19-11-7-17(32)8-12-19/h2,5-12,16,32H,1,3-4,13-14H2,(H3,26,27,28,34). The fraction of sp³-hybridized carbons (Fsp3) is 0.200. The van der Waals surface area contributed by atoms with E-state index in [9.17, 15) is 15.0 Å². The lowest BCUT2D eigenvalue weighted by Crippen LogP contribution is -2.40. The SMILES string of the molecule is C=CC(=O)N1CCCC(n2nc(-c3ccc(Oc4ccc(O)cc4)cc3)c3c(N)nc(O)nc32)C1. The number of hydrogen-bond donors (Lipinski definition) is 3. The number of nitrogen functional groups attached to an aromatic ring is 1. The number of fused-ring (bicyclic) bond motifs is 1. The molecule has 1 aliphatic heterocycles. The molecule has 1 aliphatic rings. The molecule has 35 heavy (non-hydrogen) atoms. The maximum atomic E-state index is 12.2. The Kier molecular flexibility index (Phi) is 5.69. The number of phenolic OH excluding ortho intramolecular Hbond substituents is 1. The minimum Gasteiger partial charge on any atom is -0.508 e. The number of anilines is 1. The van der Waals surface area contributed by atoms with Crippen molar-refractivity contribution >= 4 is 22.8 Å². The number of carbonyl (C=O) groups excluding carboxylic acids is 1. The van der Waals surface area contributed by atoms with Crippen LogP contribution in [-0.2, 0) is 4.79 Å². The number of hydrogen-bond acceptors (Lipinski definition) is 8. The fourth-order valence-electron chi connectivity index (χ4n) is 4.32. The predicted octanol–water partition coefficient (Wildman–Crippen LogP) is 3.63. The summed E-state index contributed by atoms with van der Waals surface area (Å²) in [4.78, 5) is 22.1. The van der Waals surface area contributed by atoms with Gasteiger partial charge >= 0.3 is 6.01 Å². The summed E-state index contributed by atoms with van der Waals surface area (Å²) in [7, 11) is 0. The molecule has 2 aromatic heterocycles. The van der Waals surface area contributed by atoms with Crippen LogP contribution in [-0.4, -0.2) is 53.9 Å². The van der Waals surface area contributed by atoms with Gasteiger partial charge < -0.3 is 25.6 Å². The number of nitrogens with zero attached hydrogens (tertiary/aromatic N) is 5. The smallest absolute Gasteiger partial charge is 0.317 e. The molecule has 0 spiro atoms. The zero-order chi connectivity index (χ0) is 24.5. The normalized spacial score (nSPS) is 15.8. The van der Waals surface area contributed by atoms with E-state index in [1.54, 1.807) is 46.0 Å². The molecule has 10 nitrogen and oxygen atoms in total. The van der Waals surface area contributed by atoms with Gasteiger partial charge in [-0.05, 0) is 67.4 Å². The number of aromatic hydroxyl groups is 2. The Balaban J connectivity index is 1.51. The first kappa shape index (κ1) is 22.2. The van der Waals surface area contributed by atoms with Gasteiger partial charge in [-0.15, -0.1) is 0 Å². The molecule has 5 rings (SSSR count). The van der Waals surface area contributed by atoms with Crippen LogP contribution < -0.4 is 10.5 Å². The van der Waals surface area contributed by atoms with Crippen LogP contribution in [0.25, 0.3) is 22.3 Å². The maximum Gasteiger partial charge on any atom is 0.317 e. The number of aromatic nitrogens is 4. The highest BCUT2D eigenvalue weighted by Gasteiger charge is 2.28. The second kappa shape index (κ2) is 8.98. The Hall–Kier alpha value is -4.60. The van der Waals surface area contributed by atoms with Crippen LogP contribution in [0, 0.1) is 0 Å². The molecule has 10 heteroatoms. The van der Waals surface area contributed by atoms with E-state index in [-0.39, 0.29) is 23.5 Å². The van der Waals surface area contributed by atoms with Gasteiger partial charge in [-0.3, -0.25) is 4.79 Å². The number of phenols is 1. The van der Waals surface area contributed by atoms with Gasteiger partial charge in [0.1, 0.15) is 28.8 Å². The lowest BCUT2D eigenvalue weighted by molar-refractivity contribution is -0.127. The Bertz CT molecular complexity index is 1400. The number of carbonyl (C=O) groups is 1. The molecule has 4 N–H and O–H groups in total. The minimum atomic E-state index is -0.435. The quantitative estimate of drug-likeness (QED) is 0.374. The van der Waals surface area contributed by atoms with Crippen molar-refractivity contribution in [2.45, 2.75) is 18.9 Å². The third-order valence-corrected chi connectivity index (χ3v) is 6.00. The molecule has 1 saturated heterocycles. The number of amides is 1. The van der Waals surface area contributed by atoms with Crippen molar-refractivity contribution in [3.63, 3.8) is 0 Å². The minimum absolute atomic E-state index is 0.119. The molecular formula is C25H24N6O4. The lowest BCUT2D eigenvalue weighted by atomic mass is 10.1. The molecular weight excluding hydrogens is 448 g/mol. The highest BCUT2D eigenvalue weighted by Crippen LogP contribution is 2.36. The summed E-state index contributed by atoms with van der Waals surface area (Å²) in [6.07, 6.45) is 2.90. The van der Waals surface area contributed by atoms with Crippen molar-refractivity contribution in [1.82, 2.24) is 24.6 Å². The topological polar surface area (TPSA) is 140 Å². The van der Waals surface area contributed by atoms with Crippen molar-refractivity contribution in [2.75, 3.05) is 18.8 Å². The van der Waals surface area contributed by atoms with Gasteiger partial charge in [-0.1, -0.05) is 6.58 Å². The Labute approximate surface area is 200 Å². The highest BCUT2D eigenvalue weighted by molar-refractivity contribution is 5.98. The zero-order valence-electron chi connectivity index (χ0n) is 18.8. The van der Waals surface area contributed by atoms with Gasteiger partial charge in [0.2, 0.25) is 5.91 Å². The van der Waals surface area contributed by atoms with E-state index in [4.69, 9.17) is 15.6 Å². The summed E-state index contributed by atoms with van der Waals surface area (Å²) in [5, 5.41) is 24.8. The van der Waals surface area contributed by atoms with Crippen LogP contribution in [0.15, 0.2) is 61.2 Å². The van der Waals surface area contributed by atoms with E-state index in [0.717, 1.165) is 18.4 Å². The average molecular weight is 473 g/mol. The fourth-order valence-corrected chi connectivity index (χ4v) is 4.32. The van der Waals surface area contributed by atoms with E-state index in [1.807, 2.05) is 12.1 Å². The highest BCUT2D eigenvalue weighted by atomic mass is 16.5. The van der Waals surface area contributed by atoms with E-state index in [2.05, 4.69) is 16.5 Å². The Morgan fingerprint density at radius 2 is 1.77 bits per heavy atom. The molecule has 0 aliphatic carbocycles. The van der Waals surface area contributed by atoms with E-state index >= 15 is 0 Å². The van der Waals surface area contributed by atoms with Gasteiger partial charge in [-0.2, -0.15) is 15.1 Å². The number of rotatable bonds is 5. The van der Waals surface area contributed by atoms with E-state index in [1.165, 1.54) is 6.08 Å². The number of ether oxygens (including phenoxy) is 1. The zero-order valence-corrected chi connectivity index (χ0v) is 18.8. The first-order valence-corrected chi connectivity index (χ1v) is 11.2. The molecule has 3 heterocycles. The molecule has 0 saturated carbocycles. The largest absolute Gasteiger partial charge is 0.508 e. The molecule has 178 valence electrons. The van der Waals surface area contributed by atoms with Gasteiger partial charge in [0.05, 0.1) is 11.4 Å². The molecule has 1 unspecified atom stereocenters. The van der Waals surface area contributed by atoms with Crippen molar-refractivity contribution in [2.24, 2.45) is 0 Å². The molecule has 0 radical (unpaired) electrons. The summed E-state index contributed by atoms with van der Waals surface area (Å²) >= 11 is 0. The number of piperidine rings is 1. The third-order valence-electron chi connectivity index (χ3n) is 6.00. The Morgan fingerprint density at radius 1 is 1.09 bits per heavy atom. The first-order valence-electron chi connectivity index (χ1n) is 11.2.